The summed E-state index contributed by atoms with van der Waals surface area (Å²) >= 11 is 0. The standard InChI is InChI=1S/C24H48N2O.BrH/c1-5-7-9-11-13-14-16-18-20-24(27)25-21-23-26(3,4)22-19-17-15-12-10-8-6-2;/h5H,1,6-23H2,2-4H3;1H. The molecule has 0 radical (unpaired) electrons. The Kier molecular flexibility index (Phi) is 22.8. The third-order valence-electron chi connectivity index (χ3n) is 5.47. The monoisotopic (exact) mass is 460 g/mol. The van der Waals surface area contributed by atoms with Gasteiger partial charge in [0.05, 0.1) is 33.7 Å². The van der Waals surface area contributed by atoms with E-state index in [-0.39, 0.29) is 22.9 Å². The highest BCUT2D eigenvalue weighted by molar-refractivity contribution is 5.75. The van der Waals surface area contributed by atoms with Gasteiger partial charge in [0.15, 0.2) is 0 Å². The lowest BCUT2D eigenvalue weighted by molar-refractivity contribution is -0.889. The van der Waals surface area contributed by atoms with Crippen molar-refractivity contribution in [3.8, 4) is 0 Å². The molecule has 0 aromatic heterocycles. The molecule has 0 aliphatic rings. The van der Waals surface area contributed by atoms with Crippen molar-refractivity contribution in [2.75, 3.05) is 33.7 Å². The number of rotatable bonds is 20. The van der Waals surface area contributed by atoms with Crippen LogP contribution in [0.1, 0.15) is 103 Å². The molecule has 0 rings (SSSR count). The van der Waals surface area contributed by atoms with E-state index >= 15 is 0 Å². The first-order valence-corrected chi connectivity index (χ1v) is 11.7. The predicted molar refractivity (Wildman–Crippen MR) is 120 cm³/mol. The number of carbonyl (C=O) groups excluding carboxylic acids is 1. The summed E-state index contributed by atoms with van der Waals surface area (Å²) in [6.45, 7) is 9.08. The van der Waals surface area contributed by atoms with Gasteiger partial charge in [0.1, 0.15) is 0 Å². The van der Waals surface area contributed by atoms with Crippen LogP contribution < -0.4 is 22.3 Å². The van der Waals surface area contributed by atoms with Gasteiger partial charge in [-0.3, -0.25) is 4.79 Å². The number of carbonyl (C=O) groups is 1. The second-order valence-electron chi connectivity index (χ2n) is 8.80. The molecule has 28 heavy (non-hydrogen) atoms. The number of hydrogen-bond donors (Lipinski definition) is 1. The van der Waals surface area contributed by atoms with Crippen LogP contribution in [0, 0.1) is 0 Å². The van der Waals surface area contributed by atoms with Crippen LogP contribution in [0.3, 0.4) is 0 Å². The Morgan fingerprint density at radius 1 is 0.821 bits per heavy atom. The summed E-state index contributed by atoms with van der Waals surface area (Å²) in [7, 11) is 4.57. The zero-order valence-electron chi connectivity index (χ0n) is 19.2. The summed E-state index contributed by atoms with van der Waals surface area (Å²) in [6.07, 6.45) is 20.7. The van der Waals surface area contributed by atoms with Crippen molar-refractivity contribution in [3.05, 3.63) is 12.7 Å². The van der Waals surface area contributed by atoms with Crippen LogP contribution in [0.2, 0.25) is 0 Å². The molecule has 4 heteroatoms. The average Bonchev–Trinajstić information content (AvgIpc) is 2.63. The second-order valence-corrected chi connectivity index (χ2v) is 8.80. The molecule has 0 aromatic carbocycles. The van der Waals surface area contributed by atoms with Crippen LogP contribution in [0.4, 0.5) is 0 Å². The Labute approximate surface area is 187 Å². The van der Waals surface area contributed by atoms with Gasteiger partial charge in [-0.05, 0) is 32.1 Å². The van der Waals surface area contributed by atoms with E-state index in [2.05, 4.69) is 32.9 Å². The normalized spacial score (nSPS) is 11.1. The van der Waals surface area contributed by atoms with E-state index < -0.39 is 0 Å². The maximum Gasteiger partial charge on any atom is 0.220 e. The molecule has 0 atom stereocenters. The number of allylic oxidation sites excluding steroid dienone is 1. The molecule has 0 spiro atoms. The van der Waals surface area contributed by atoms with Gasteiger partial charge >= 0.3 is 0 Å². The smallest absolute Gasteiger partial charge is 0.220 e. The molecule has 0 aliphatic carbocycles. The number of unbranched alkanes of at least 4 members (excludes halogenated alkanes) is 12. The first kappa shape index (κ1) is 29.8. The van der Waals surface area contributed by atoms with Crippen LogP contribution in [-0.4, -0.2) is 44.1 Å². The predicted octanol–water partition coefficient (Wildman–Crippen LogP) is 3.24. The van der Waals surface area contributed by atoms with E-state index in [0.717, 1.165) is 30.4 Å². The SMILES string of the molecule is C=CCCCCCCCCC(=O)NCC[N+](C)(C)CCCCCCCCC.[Br-]. The molecule has 168 valence electrons. The van der Waals surface area contributed by atoms with Gasteiger partial charge in [-0.2, -0.15) is 0 Å². The summed E-state index contributed by atoms with van der Waals surface area (Å²) in [6, 6.07) is 0. The third kappa shape index (κ3) is 21.9. The molecular formula is C24H49BrN2O. The number of nitrogens with zero attached hydrogens (tertiary/aromatic N) is 1. The van der Waals surface area contributed by atoms with Crippen molar-refractivity contribution >= 4 is 5.91 Å². The quantitative estimate of drug-likeness (QED) is 0.168. The molecule has 0 aromatic rings. The first-order valence-electron chi connectivity index (χ1n) is 11.7. The van der Waals surface area contributed by atoms with Gasteiger partial charge in [-0.25, -0.2) is 0 Å². The van der Waals surface area contributed by atoms with Gasteiger partial charge < -0.3 is 26.8 Å². The van der Waals surface area contributed by atoms with E-state index in [1.54, 1.807) is 0 Å². The second kappa shape index (κ2) is 21.4. The highest BCUT2D eigenvalue weighted by Crippen LogP contribution is 2.10. The van der Waals surface area contributed by atoms with Crippen LogP contribution >= 0.6 is 0 Å². The van der Waals surface area contributed by atoms with Gasteiger partial charge in [0, 0.05) is 6.42 Å². The van der Waals surface area contributed by atoms with E-state index in [4.69, 9.17) is 0 Å². The lowest BCUT2D eigenvalue weighted by atomic mass is 10.1. The Morgan fingerprint density at radius 3 is 1.96 bits per heavy atom. The largest absolute Gasteiger partial charge is 1.00 e. The maximum absolute atomic E-state index is 12.0. The van der Waals surface area contributed by atoms with Crippen LogP contribution in [0.25, 0.3) is 0 Å². The summed E-state index contributed by atoms with van der Waals surface area (Å²) in [4.78, 5) is 12.0. The first-order chi connectivity index (χ1) is 13.0. The average molecular weight is 462 g/mol. The Hall–Kier alpha value is -0.350. The number of nitrogens with one attached hydrogen (secondary N) is 1. The third-order valence-corrected chi connectivity index (χ3v) is 5.47. The van der Waals surface area contributed by atoms with E-state index in [1.807, 2.05) is 6.08 Å². The molecular weight excluding hydrogens is 412 g/mol. The number of amides is 1. The number of hydrogen-bond acceptors (Lipinski definition) is 1. The fraction of sp³-hybridized carbons (Fsp3) is 0.875. The summed E-state index contributed by atoms with van der Waals surface area (Å²) in [5, 5.41) is 3.12. The summed E-state index contributed by atoms with van der Waals surface area (Å²) in [5.74, 6) is 0.234. The lowest BCUT2D eigenvalue weighted by Crippen LogP contribution is -3.00. The van der Waals surface area contributed by atoms with E-state index in [1.165, 1.54) is 83.6 Å². The van der Waals surface area contributed by atoms with Crippen LogP contribution in [-0.2, 0) is 4.79 Å². The molecule has 0 heterocycles. The molecule has 0 saturated heterocycles. The van der Waals surface area contributed by atoms with E-state index in [0.29, 0.717) is 6.42 Å². The zero-order valence-corrected chi connectivity index (χ0v) is 20.8. The highest BCUT2D eigenvalue weighted by atomic mass is 79.9. The van der Waals surface area contributed by atoms with Gasteiger partial charge in [-0.1, -0.05) is 70.8 Å². The highest BCUT2D eigenvalue weighted by Gasteiger charge is 2.14. The Bertz CT molecular complexity index is 359. The molecule has 1 N–H and O–H groups in total. The minimum absolute atomic E-state index is 0. The molecule has 0 unspecified atom stereocenters. The molecule has 3 nitrogen and oxygen atoms in total. The van der Waals surface area contributed by atoms with Crippen molar-refractivity contribution in [2.45, 2.75) is 103 Å². The topological polar surface area (TPSA) is 29.1 Å². The minimum Gasteiger partial charge on any atom is -1.00 e. The fourth-order valence-corrected chi connectivity index (χ4v) is 3.48. The summed E-state index contributed by atoms with van der Waals surface area (Å²) < 4.78 is 1.01. The van der Waals surface area contributed by atoms with Crippen molar-refractivity contribution in [1.82, 2.24) is 5.32 Å². The Balaban J connectivity index is 0. The number of halogens is 1. The molecule has 1 amide bonds. The molecule has 0 bridgehead atoms. The number of likely N-dealkylation sites (N-methyl/N-ethyl adjacent to an activating group) is 1. The van der Waals surface area contributed by atoms with Crippen molar-refractivity contribution < 1.29 is 26.3 Å². The molecule has 0 fully saturated rings. The summed E-state index contributed by atoms with van der Waals surface area (Å²) in [5.41, 5.74) is 0. The minimum atomic E-state index is 0. The van der Waals surface area contributed by atoms with Crippen LogP contribution in [0.5, 0.6) is 0 Å². The Morgan fingerprint density at radius 2 is 1.36 bits per heavy atom. The van der Waals surface area contributed by atoms with Gasteiger partial charge in [-0.15, -0.1) is 6.58 Å². The zero-order chi connectivity index (χ0) is 20.2. The van der Waals surface area contributed by atoms with Crippen LogP contribution in [0.15, 0.2) is 12.7 Å². The maximum atomic E-state index is 12.0. The van der Waals surface area contributed by atoms with Crippen molar-refractivity contribution in [2.24, 2.45) is 0 Å². The van der Waals surface area contributed by atoms with Crippen molar-refractivity contribution in [1.29, 1.82) is 0 Å². The van der Waals surface area contributed by atoms with Gasteiger partial charge in [0.25, 0.3) is 0 Å². The lowest BCUT2D eigenvalue weighted by Gasteiger charge is -2.30. The van der Waals surface area contributed by atoms with Crippen molar-refractivity contribution in [3.63, 3.8) is 0 Å². The fourth-order valence-electron chi connectivity index (χ4n) is 3.48. The molecule has 0 saturated carbocycles. The number of quaternary nitrogens is 1. The molecule has 0 aliphatic heterocycles. The van der Waals surface area contributed by atoms with Gasteiger partial charge in [0.2, 0.25) is 5.91 Å². The van der Waals surface area contributed by atoms with E-state index in [9.17, 15) is 4.79 Å².